The van der Waals surface area contributed by atoms with Crippen LogP contribution in [0.25, 0.3) is 16.5 Å². The van der Waals surface area contributed by atoms with Gasteiger partial charge < -0.3 is 34.9 Å². The van der Waals surface area contributed by atoms with E-state index in [4.69, 9.17) is 9.47 Å². The summed E-state index contributed by atoms with van der Waals surface area (Å²) in [6.45, 7) is 16.3. The molecule has 2 aromatic rings. The SMILES string of the molecule is CC1(C)C=C2c3cc4[nH]c5c(c4cc3[C@@H](O)[C@@H]2C(C)(C)O1)C[C@@H]1CC[C@@]2(O)C3=C[C@@H](O)[C@@H](C(C)(C)O)O[C@H]3CC[C@]2(C)[C@@]51C. The van der Waals surface area contributed by atoms with Gasteiger partial charge in [0.1, 0.15) is 12.2 Å². The fraction of sp³-hybridized carbons (Fsp3) is 0.676. The first-order valence-corrected chi connectivity index (χ1v) is 16.6. The van der Waals surface area contributed by atoms with Crippen LogP contribution in [0.2, 0.25) is 0 Å². The molecule has 2 saturated carbocycles. The molecule has 9 atom stereocenters. The van der Waals surface area contributed by atoms with Gasteiger partial charge in [-0.05, 0) is 132 Å². The highest BCUT2D eigenvalue weighted by Gasteiger charge is 2.70. The van der Waals surface area contributed by atoms with Crippen LogP contribution in [0.4, 0.5) is 0 Å². The third-order valence-corrected chi connectivity index (χ3v) is 13.2. The van der Waals surface area contributed by atoms with E-state index in [2.05, 4.69) is 64.7 Å². The molecule has 0 unspecified atom stereocenters. The molecule has 1 aromatic carbocycles. The number of aromatic amines is 1. The fourth-order valence-electron chi connectivity index (χ4n) is 11.2. The van der Waals surface area contributed by atoms with Crippen molar-refractivity contribution in [3.8, 4) is 0 Å². The summed E-state index contributed by atoms with van der Waals surface area (Å²) in [6, 6.07) is 4.47. The van der Waals surface area contributed by atoms with Gasteiger partial charge in [0.25, 0.3) is 0 Å². The molecule has 2 fully saturated rings. The van der Waals surface area contributed by atoms with Gasteiger partial charge in [-0.2, -0.15) is 0 Å². The standard InChI is InChI=1S/C37H49NO6/c1-32(2)17-23-19-15-25-20(14-21(19)29(40)28(23)34(5,6)44-32)22-13-18-9-12-37(42)24-16-26(39)31(33(3,4)41)43-27(24)10-11-35(37,7)36(18,8)30(22)38-25/h14-18,26-29,31,38-42H,9-13H2,1-8H3/t18-,26+,27-,28+,29+,31-,35+,36+,37+/m0/s1. The molecular weight excluding hydrogens is 554 g/mol. The number of hydrogen-bond donors (Lipinski definition) is 5. The highest BCUT2D eigenvalue weighted by Crippen LogP contribution is 2.69. The minimum Gasteiger partial charge on any atom is -0.388 e. The highest BCUT2D eigenvalue weighted by molar-refractivity contribution is 5.93. The Bertz CT molecular complexity index is 1660. The number of fused-ring (bicyclic) bond motifs is 12. The Balaban J connectivity index is 1.25. The average Bonchev–Trinajstić information content (AvgIpc) is 3.50. The fourth-order valence-corrected chi connectivity index (χ4v) is 11.2. The largest absolute Gasteiger partial charge is 0.388 e. The quantitative estimate of drug-likeness (QED) is 0.280. The van der Waals surface area contributed by atoms with Gasteiger partial charge in [-0.1, -0.05) is 13.8 Å². The van der Waals surface area contributed by atoms with E-state index in [0.717, 1.165) is 47.9 Å². The first-order chi connectivity index (χ1) is 20.3. The first-order valence-electron chi connectivity index (χ1n) is 16.6. The molecule has 238 valence electrons. The minimum absolute atomic E-state index is 0.119. The van der Waals surface area contributed by atoms with Crippen LogP contribution in [0.15, 0.2) is 29.9 Å². The van der Waals surface area contributed by atoms with Gasteiger partial charge in [-0.3, -0.25) is 0 Å². The van der Waals surface area contributed by atoms with E-state index in [1.165, 1.54) is 22.2 Å². The monoisotopic (exact) mass is 603 g/mol. The van der Waals surface area contributed by atoms with Gasteiger partial charge >= 0.3 is 0 Å². The molecule has 0 saturated heterocycles. The molecule has 0 spiro atoms. The summed E-state index contributed by atoms with van der Waals surface area (Å²) in [5, 5.41) is 47.4. The zero-order valence-corrected chi connectivity index (χ0v) is 27.4. The number of nitrogens with one attached hydrogen (secondary N) is 1. The molecule has 0 amide bonds. The molecule has 0 bridgehead atoms. The Labute approximate surface area is 260 Å². The van der Waals surface area contributed by atoms with Crippen molar-refractivity contribution >= 4 is 16.5 Å². The van der Waals surface area contributed by atoms with Crippen molar-refractivity contribution in [2.75, 3.05) is 0 Å². The molecule has 44 heavy (non-hydrogen) atoms. The molecule has 7 heteroatoms. The number of ether oxygens (including phenoxy) is 2. The van der Waals surface area contributed by atoms with Crippen LogP contribution >= 0.6 is 0 Å². The van der Waals surface area contributed by atoms with Gasteiger partial charge in [-0.25, -0.2) is 0 Å². The van der Waals surface area contributed by atoms with Gasteiger partial charge in [0, 0.05) is 33.3 Å². The Hall–Kier alpha value is -2.00. The Morgan fingerprint density at radius 2 is 1.73 bits per heavy atom. The number of aromatic nitrogens is 1. The van der Waals surface area contributed by atoms with E-state index in [9.17, 15) is 20.4 Å². The maximum Gasteiger partial charge on any atom is 0.116 e. The van der Waals surface area contributed by atoms with Crippen LogP contribution < -0.4 is 0 Å². The van der Waals surface area contributed by atoms with Crippen molar-refractivity contribution < 1.29 is 29.9 Å². The van der Waals surface area contributed by atoms with Crippen LogP contribution in [0, 0.1) is 17.3 Å². The summed E-state index contributed by atoms with van der Waals surface area (Å²) in [6.07, 6.45) is 5.23. The highest BCUT2D eigenvalue weighted by atomic mass is 16.5. The second-order valence-corrected chi connectivity index (χ2v) is 17.0. The molecule has 4 aliphatic carbocycles. The van der Waals surface area contributed by atoms with E-state index < -0.39 is 46.1 Å². The lowest BCUT2D eigenvalue weighted by Gasteiger charge is -2.65. The third-order valence-electron chi connectivity index (χ3n) is 13.2. The zero-order chi connectivity index (χ0) is 31.6. The predicted octanol–water partition coefficient (Wildman–Crippen LogP) is 5.38. The molecule has 3 heterocycles. The number of hydrogen-bond acceptors (Lipinski definition) is 6. The molecular formula is C37H49NO6. The summed E-state index contributed by atoms with van der Waals surface area (Å²) >= 11 is 0. The summed E-state index contributed by atoms with van der Waals surface area (Å²) < 4.78 is 12.8. The lowest BCUT2D eigenvalue weighted by atomic mass is 9.42. The van der Waals surface area contributed by atoms with Crippen LogP contribution in [0.3, 0.4) is 0 Å². The average molecular weight is 604 g/mol. The van der Waals surface area contributed by atoms with Gasteiger partial charge in [0.2, 0.25) is 0 Å². The minimum atomic E-state index is -1.20. The zero-order valence-electron chi connectivity index (χ0n) is 27.4. The summed E-state index contributed by atoms with van der Waals surface area (Å²) in [5.74, 6) is 0.248. The predicted molar refractivity (Wildman–Crippen MR) is 169 cm³/mol. The Morgan fingerprint density at radius 3 is 2.43 bits per heavy atom. The summed E-state index contributed by atoms with van der Waals surface area (Å²) in [7, 11) is 0. The second-order valence-electron chi connectivity index (χ2n) is 17.0. The number of benzene rings is 1. The van der Waals surface area contributed by atoms with Crippen molar-refractivity contribution in [3.05, 3.63) is 52.2 Å². The normalized spacial score (nSPS) is 43.3. The molecule has 7 nitrogen and oxygen atoms in total. The van der Waals surface area contributed by atoms with E-state index >= 15 is 0 Å². The van der Waals surface area contributed by atoms with E-state index in [1.54, 1.807) is 19.9 Å². The number of H-pyrrole nitrogens is 1. The molecule has 1 aromatic heterocycles. The third kappa shape index (κ3) is 3.44. The van der Waals surface area contributed by atoms with E-state index in [0.29, 0.717) is 12.3 Å². The van der Waals surface area contributed by atoms with E-state index in [1.807, 2.05) is 0 Å². The van der Waals surface area contributed by atoms with Crippen molar-refractivity contribution in [1.82, 2.24) is 4.98 Å². The van der Waals surface area contributed by atoms with Gasteiger partial charge in [0.05, 0.1) is 34.6 Å². The van der Waals surface area contributed by atoms with Crippen molar-refractivity contribution in [2.45, 2.75) is 140 Å². The molecule has 0 radical (unpaired) electrons. The molecule has 8 rings (SSSR count). The van der Waals surface area contributed by atoms with Crippen molar-refractivity contribution in [2.24, 2.45) is 17.3 Å². The number of aliphatic hydroxyl groups excluding tert-OH is 2. The molecule has 2 aliphatic heterocycles. The van der Waals surface area contributed by atoms with Gasteiger partial charge in [0.15, 0.2) is 0 Å². The Morgan fingerprint density at radius 1 is 1.00 bits per heavy atom. The number of rotatable bonds is 1. The van der Waals surface area contributed by atoms with Crippen LogP contribution in [0.5, 0.6) is 0 Å². The van der Waals surface area contributed by atoms with Crippen LogP contribution in [0.1, 0.15) is 110 Å². The van der Waals surface area contributed by atoms with E-state index in [-0.39, 0.29) is 17.4 Å². The van der Waals surface area contributed by atoms with Crippen LogP contribution in [-0.2, 0) is 21.3 Å². The summed E-state index contributed by atoms with van der Waals surface area (Å²) in [5.41, 5.74) is 3.55. The summed E-state index contributed by atoms with van der Waals surface area (Å²) in [4.78, 5) is 3.90. The smallest absolute Gasteiger partial charge is 0.116 e. The lowest BCUT2D eigenvalue weighted by Crippen LogP contribution is -2.68. The topological polar surface area (TPSA) is 115 Å². The van der Waals surface area contributed by atoms with Crippen molar-refractivity contribution in [3.63, 3.8) is 0 Å². The first kappa shape index (κ1) is 29.4. The molecule has 5 N–H and O–H groups in total. The van der Waals surface area contributed by atoms with Gasteiger partial charge in [-0.15, -0.1) is 0 Å². The van der Waals surface area contributed by atoms with Crippen molar-refractivity contribution in [1.29, 1.82) is 0 Å². The van der Waals surface area contributed by atoms with Crippen LogP contribution in [-0.4, -0.2) is 66.1 Å². The second kappa shape index (κ2) is 8.47. The lowest BCUT2D eigenvalue weighted by molar-refractivity contribution is -0.209. The maximum absolute atomic E-state index is 12.8. The maximum atomic E-state index is 12.8. The number of aliphatic hydroxyl groups is 4. The Kier molecular flexibility index (Phi) is 5.66. The molecule has 6 aliphatic rings.